The van der Waals surface area contributed by atoms with Gasteiger partial charge in [-0.05, 0) is 37.1 Å². The van der Waals surface area contributed by atoms with Crippen LogP contribution in [-0.2, 0) is 4.79 Å². The molecule has 5 heteroatoms. The van der Waals surface area contributed by atoms with Gasteiger partial charge in [-0.15, -0.1) is 0 Å². The molecular weight excluding hydrogens is 234 g/mol. The second-order valence-electron chi connectivity index (χ2n) is 4.50. The molecular formula is C13H15NO4. The van der Waals surface area contributed by atoms with Crippen LogP contribution in [0.25, 0.3) is 0 Å². The van der Waals surface area contributed by atoms with Gasteiger partial charge in [0.05, 0.1) is 5.92 Å². The lowest BCUT2D eigenvalue weighted by molar-refractivity contribution is -0.142. The van der Waals surface area contributed by atoms with Gasteiger partial charge in [-0.25, -0.2) is 0 Å². The summed E-state index contributed by atoms with van der Waals surface area (Å²) in [6.07, 6.45) is 2.12. The van der Waals surface area contributed by atoms with Crippen LogP contribution >= 0.6 is 0 Å². The second kappa shape index (κ2) is 5.08. The van der Waals surface area contributed by atoms with E-state index in [2.05, 4.69) is 5.32 Å². The number of phenols is 1. The lowest BCUT2D eigenvalue weighted by Crippen LogP contribution is -2.40. The number of rotatable bonds is 3. The van der Waals surface area contributed by atoms with Crippen LogP contribution < -0.4 is 5.32 Å². The number of hydrogen-bond donors (Lipinski definition) is 3. The van der Waals surface area contributed by atoms with Crippen LogP contribution in [-0.4, -0.2) is 28.1 Å². The van der Waals surface area contributed by atoms with Gasteiger partial charge in [-0.2, -0.15) is 0 Å². The first-order chi connectivity index (χ1) is 8.58. The topological polar surface area (TPSA) is 86.6 Å². The molecule has 1 fully saturated rings. The molecule has 0 heterocycles. The number of carboxylic acid groups (broad SMARTS) is 1. The zero-order chi connectivity index (χ0) is 13.1. The van der Waals surface area contributed by atoms with Crippen LogP contribution in [0.4, 0.5) is 0 Å². The fourth-order valence-electron chi connectivity index (χ4n) is 2.29. The molecule has 1 saturated carbocycles. The van der Waals surface area contributed by atoms with E-state index in [-0.39, 0.29) is 17.7 Å². The van der Waals surface area contributed by atoms with Crippen LogP contribution in [0.1, 0.15) is 29.6 Å². The number of carboxylic acids is 1. The standard InChI is InChI=1S/C13H15NO4/c15-9-6-4-8(5-7-9)12(16)14-11-3-1-2-10(11)13(17)18/h4-7,10-11,15H,1-3H2,(H,14,16)(H,17,18). The molecule has 0 radical (unpaired) electrons. The Hall–Kier alpha value is -2.04. The highest BCUT2D eigenvalue weighted by Crippen LogP contribution is 2.26. The van der Waals surface area contributed by atoms with E-state index in [1.807, 2.05) is 0 Å². The van der Waals surface area contributed by atoms with E-state index in [4.69, 9.17) is 10.2 Å². The average molecular weight is 249 g/mol. The predicted molar refractivity (Wildman–Crippen MR) is 64.3 cm³/mol. The van der Waals surface area contributed by atoms with Crippen molar-refractivity contribution in [3.05, 3.63) is 29.8 Å². The Bertz CT molecular complexity index is 455. The molecule has 2 unspecified atom stereocenters. The lowest BCUT2D eigenvalue weighted by Gasteiger charge is -2.17. The van der Waals surface area contributed by atoms with Crippen LogP contribution in [0.3, 0.4) is 0 Å². The molecule has 0 spiro atoms. The SMILES string of the molecule is O=C(NC1CCCC1C(=O)O)c1ccc(O)cc1. The first-order valence-corrected chi connectivity index (χ1v) is 5.90. The molecule has 0 saturated heterocycles. The summed E-state index contributed by atoms with van der Waals surface area (Å²) in [5, 5.41) is 20.9. The van der Waals surface area contributed by atoms with Crippen LogP contribution in [0.2, 0.25) is 0 Å². The second-order valence-corrected chi connectivity index (χ2v) is 4.50. The normalized spacial score (nSPS) is 22.7. The summed E-state index contributed by atoms with van der Waals surface area (Å²) < 4.78 is 0. The quantitative estimate of drug-likeness (QED) is 0.755. The molecule has 0 bridgehead atoms. The molecule has 1 amide bonds. The van der Waals surface area contributed by atoms with Gasteiger partial charge >= 0.3 is 5.97 Å². The first kappa shape index (κ1) is 12.4. The van der Waals surface area contributed by atoms with Crippen molar-refractivity contribution in [1.29, 1.82) is 0 Å². The van der Waals surface area contributed by atoms with Crippen molar-refractivity contribution < 1.29 is 19.8 Å². The number of carbonyl (C=O) groups is 2. The minimum Gasteiger partial charge on any atom is -0.508 e. The molecule has 18 heavy (non-hydrogen) atoms. The Labute approximate surface area is 104 Å². The summed E-state index contributed by atoms with van der Waals surface area (Å²) in [4.78, 5) is 22.9. The highest BCUT2D eigenvalue weighted by atomic mass is 16.4. The van der Waals surface area contributed by atoms with Gasteiger partial charge in [0.15, 0.2) is 0 Å². The Kier molecular flexibility index (Phi) is 3.50. The van der Waals surface area contributed by atoms with E-state index >= 15 is 0 Å². The maximum Gasteiger partial charge on any atom is 0.308 e. The number of aliphatic carboxylic acids is 1. The molecule has 0 aromatic heterocycles. The average Bonchev–Trinajstić information content (AvgIpc) is 2.78. The number of phenolic OH excluding ortho intramolecular Hbond substituents is 1. The van der Waals surface area contributed by atoms with Gasteiger partial charge in [-0.3, -0.25) is 9.59 Å². The van der Waals surface area contributed by atoms with Gasteiger partial charge < -0.3 is 15.5 Å². The zero-order valence-corrected chi connectivity index (χ0v) is 9.80. The third-order valence-electron chi connectivity index (χ3n) is 3.28. The lowest BCUT2D eigenvalue weighted by atomic mass is 10.0. The monoisotopic (exact) mass is 249 g/mol. The van der Waals surface area contributed by atoms with Crippen LogP contribution in [0.15, 0.2) is 24.3 Å². The first-order valence-electron chi connectivity index (χ1n) is 5.90. The molecule has 96 valence electrons. The molecule has 1 aromatic carbocycles. The zero-order valence-electron chi connectivity index (χ0n) is 9.80. The third kappa shape index (κ3) is 2.61. The fourth-order valence-corrected chi connectivity index (χ4v) is 2.29. The minimum absolute atomic E-state index is 0.0934. The Morgan fingerprint density at radius 1 is 1.17 bits per heavy atom. The van der Waals surface area contributed by atoms with E-state index in [0.29, 0.717) is 18.4 Å². The van der Waals surface area contributed by atoms with Crippen molar-refractivity contribution in [3.8, 4) is 5.75 Å². The molecule has 3 N–H and O–H groups in total. The number of carbonyl (C=O) groups excluding carboxylic acids is 1. The Morgan fingerprint density at radius 3 is 2.44 bits per heavy atom. The maximum atomic E-state index is 11.9. The summed E-state index contributed by atoms with van der Waals surface area (Å²) in [6, 6.07) is 5.57. The van der Waals surface area contributed by atoms with Crippen molar-refractivity contribution in [2.75, 3.05) is 0 Å². The Morgan fingerprint density at radius 2 is 1.83 bits per heavy atom. The molecule has 1 aliphatic carbocycles. The van der Waals surface area contributed by atoms with E-state index in [1.54, 1.807) is 0 Å². The summed E-state index contributed by atoms with van der Waals surface area (Å²) in [5.41, 5.74) is 0.420. The number of amides is 1. The smallest absolute Gasteiger partial charge is 0.308 e. The Balaban J connectivity index is 2.03. The van der Waals surface area contributed by atoms with Gasteiger partial charge in [0.2, 0.25) is 0 Å². The fraction of sp³-hybridized carbons (Fsp3) is 0.385. The van der Waals surface area contributed by atoms with E-state index < -0.39 is 11.9 Å². The summed E-state index contributed by atoms with van der Waals surface area (Å²) in [6.45, 7) is 0. The van der Waals surface area contributed by atoms with Gasteiger partial charge in [0.25, 0.3) is 5.91 Å². The molecule has 5 nitrogen and oxygen atoms in total. The predicted octanol–water partition coefficient (Wildman–Crippen LogP) is 1.38. The van der Waals surface area contributed by atoms with Crippen molar-refractivity contribution >= 4 is 11.9 Å². The van der Waals surface area contributed by atoms with Gasteiger partial charge in [0, 0.05) is 11.6 Å². The summed E-state index contributed by atoms with van der Waals surface area (Å²) in [5.74, 6) is -1.56. The van der Waals surface area contributed by atoms with Gasteiger partial charge in [-0.1, -0.05) is 6.42 Å². The molecule has 2 atom stereocenters. The van der Waals surface area contributed by atoms with Crippen molar-refractivity contribution in [1.82, 2.24) is 5.32 Å². The molecule has 2 rings (SSSR count). The number of aromatic hydroxyl groups is 1. The minimum atomic E-state index is -0.858. The van der Waals surface area contributed by atoms with Gasteiger partial charge in [0.1, 0.15) is 5.75 Å². The van der Waals surface area contributed by atoms with Crippen LogP contribution in [0, 0.1) is 5.92 Å². The number of hydrogen-bond acceptors (Lipinski definition) is 3. The summed E-state index contributed by atoms with van der Waals surface area (Å²) >= 11 is 0. The van der Waals surface area contributed by atoms with E-state index in [0.717, 1.165) is 6.42 Å². The van der Waals surface area contributed by atoms with Crippen molar-refractivity contribution in [3.63, 3.8) is 0 Å². The number of nitrogens with one attached hydrogen (secondary N) is 1. The van der Waals surface area contributed by atoms with E-state index in [1.165, 1.54) is 24.3 Å². The highest BCUT2D eigenvalue weighted by Gasteiger charge is 2.33. The number of benzene rings is 1. The van der Waals surface area contributed by atoms with E-state index in [9.17, 15) is 9.59 Å². The highest BCUT2D eigenvalue weighted by molar-refractivity contribution is 5.94. The third-order valence-corrected chi connectivity index (χ3v) is 3.28. The summed E-state index contributed by atoms with van der Waals surface area (Å²) in [7, 11) is 0. The molecule has 1 aromatic rings. The molecule has 0 aliphatic heterocycles. The van der Waals surface area contributed by atoms with Crippen molar-refractivity contribution in [2.24, 2.45) is 5.92 Å². The molecule has 1 aliphatic rings. The maximum absolute atomic E-state index is 11.9. The van der Waals surface area contributed by atoms with Crippen LogP contribution in [0.5, 0.6) is 5.75 Å². The largest absolute Gasteiger partial charge is 0.508 e. The van der Waals surface area contributed by atoms with Crippen molar-refractivity contribution in [2.45, 2.75) is 25.3 Å².